The zero-order chi connectivity index (χ0) is 17.2. The number of aromatic amines is 1. The first-order valence-corrected chi connectivity index (χ1v) is 9.25. The lowest BCUT2D eigenvalue weighted by Gasteiger charge is -2.10. The van der Waals surface area contributed by atoms with E-state index in [1.807, 2.05) is 0 Å². The zero-order valence-electron chi connectivity index (χ0n) is 12.2. The van der Waals surface area contributed by atoms with Gasteiger partial charge in [-0.1, -0.05) is 35.3 Å². The van der Waals surface area contributed by atoms with E-state index in [0.717, 1.165) is 0 Å². The van der Waals surface area contributed by atoms with Gasteiger partial charge in [-0.05, 0) is 24.3 Å². The van der Waals surface area contributed by atoms with Gasteiger partial charge in [-0.15, -0.1) is 0 Å². The predicted molar refractivity (Wildman–Crippen MR) is 94.5 cm³/mol. The second-order valence-electron chi connectivity index (χ2n) is 4.94. The number of rotatable bonds is 5. The lowest BCUT2D eigenvalue weighted by molar-refractivity contribution is 0.600. The van der Waals surface area contributed by atoms with E-state index in [4.69, 9.17) is 23.2 Å². The maximum atomic E-state index is 12.5. The summed E-state index contributed by atoms with van der Waals surface area (Å²) in [4.78, 5) is 4.18. The van der Waals surface area contributed by atoms with E-state index in [9.17, 15) is 8.42 Å². The van der Waals surface area contributed by atoms with Crippen LogP contribution in [0.25, 0.3) is 11.4 Å². The maximum Gasteiger partial charge on any atom is 0.237 e. The molecule has 1 aromatic carbocycles. The molecule has 0 aliphatic rings. The van der Waals surface area contributed by atoms with Gasteiger partial charge in [-0.2, -0.15) is 5.10 Å². The van der Waals surface area contributed by atoms with Crippen molar-refractivity contribution in [2.45, 2.75) is 5.75 Å². The number of hydrogen-bond acceptors (Lipinski definition) is 4. The molecule has 0 aliphatic heterocycles. The van der Waals surface area contributed by atoms with E-state index >= 15 is 0 Å². The third kappa shape index (κ3) is 3.69. The maximum absolute atomic E-state index is 12.5. The summed E-state index contributed by atoms with van der Waals surface area (Å²) in [6.45, 7) is 0. The van der Waals surface area contributed by atoms with Crippen molar-refractivity contribution in [3.8, 4) is 11.4 Å². The Labute approximate surface area is 148 Å². The van der Waals surface area contributed by atoms with Crippen LogP contribution in [0.4, 0.5) is 5.69 Å². The van der Waals surface area contributed by atoms with Crippen molar-refractivity contribution >= 4 is 38.9 Å². The molecule has 0 spiro atoms. The van der Waals surface area contributed by atoms with Crippen LogP contribution in [0, 0.1) is 0 Å². The Morgan fingerprint density at radius 3 is 2.50 bits per heavy atom. The molecule has 0 amide bonds. The standard InChI is InChI=1S/C15H12Cl2N4O2S/c16-11-4-3-5-12(17)10(11)9-24(22,23)21-14-8-19-20-15(14)13-6-1-2-7-18-13/h1-8,21H,9H2,(H,19,20). The Kier molecular flexibility index (Phi) is 4.75. The van der Waals surface area contributed by atoms with E-state index in [2.05, 4.69) is 19.9 Å². The molecule has 6 nitrogen and oxygen atoms in total. The first-order valence-electron chi connectivity index (χ1n) is 6.84. The van der Waals surface area contributed by atoms with Gasteiger partial charge in [-0.25, -0.2) is 8.42 Å². The van der Waals surface area contributed by atoms with Crippen molar-refractivity contribution in [2.75, 3.05) is 4.72 Å². The Bertz CT molecular complexity index is 938. The lowest BCUT2D eigenvalue weighted by atomic mass is 10.2. The van der Waals surface area contributed by atoms with Gasteiger partial charge in [0.1, 0.15) is 5.69 Å². The summed E-state index contributed by atoms with van der Waals surface area (Å²) < 4.78 is 27.4. The van der Waals surface area contributed by atoms with Crippen LogP contribution in [0.15, 0.2) is 48.8 Å². The molecule has 9 heteroatoms. The first kappa shape index (κ1) is 16.8. The number of H-pyrrole nitrogens is 1. The molecule has 24 heavy (non-hydrogen) atoms. The van der Waals surface area contributed by atoms with Gasteiger partial charge in [-0.3, -0.25) is 14.8 Å². The molecule has 0 fully saturated rings. The molecule has 0 radical (unpaired) electrons. The molecule has 2 aromatic heterocycles. The molecule has 0 saturated carbocycles. The Morgan fingerprint density at radius 1 is 1.08 bits per heavy atom. The highest BCUT2D eigenvalue weighted by atomic mass is 35.5. The third-order valence-electron chi connectivity index (χ3n) is 3.22. The fraction of sp³-hybridized carbons (Fsp3) is 0.0667. The van der Waals surface area contributed by atoms with Crippen LogP contribution in [0.1, 0.15) is 5.56 Å². The minimum atomic E-state index is -3.74. The van der Waals surface area contributed by atoms with Crippen molar-refractivity contribution in [3.05, 3.63) is 64.4 Å². The van der Waals surface area contributed by atoms with E-state index in [0.29, 0.717) is 32.7 Å². The quantitative estimate of drug-likeness (QED) is 0.703. The van der Waals surface area contributed by atoms with Crippen LogP contribution in [0.3, 0.4) is 0 Å². The van der Waals surface area contributed by atoms with Gasteiger partial charge in [0, 0.05) is 21.8 Å². The molecule has 0 aliphatic carbocycles. The molecule has 0 atom stereocenters. The summed E-state index contributed by atoms with van der Waals surface area (Å²) >= 11 is 12.1. The van der Waals surface area contributed by atoms with Gasteiger partial charge in [0.2, 0.25) is 10.0 Å². The number of nitrogens with one attached hydrogen (secondary N) is 2. The van der Waals surface area contributed by atoms with E-state index in [1.54, 1.807) is 42.6 Å². The second-order valence-corrected chi connectivity index (χ2v) is 7.47. The average molecular weight is 383 g/mol. The number of pyridine rings is 1. The fourth-order valence-corrected chi connectivity index (χ4v) is 4.08. The SMILES string of the molecule is O=S(=O)(Cc1c(Cl)cccc1Cl)Nc1cn[nH]c1-c1ccccn1. The largest absolute Gasteiger partial charge is 0.279 e. The summed E-state index contributed by atoms with van der Waals surface area (Å²) in [7, 11) is -3.74. The number of benzene rings is 1. The smallest absolute Gasteiger partial charge is 0.237 e. The molecule has 0 saturated heterocycles. The van der Waals surface area contributed by atoms with Gasteiger partial charge >= 0.3 is 0 Å². The molecule has 2 heterocycles. The van der Waals surface area contributed by atoms with Crippen molar-refractivity contribution in [1.82, 2.24) is 15.2 Å². The van der Waals surface area contributed by atoms with Crippen molar-refractivity contribution in [2.24, 2.45) is 0 Å². The third-order valence-corrected chi connectivity index (χ3v) is 5.13. The van der Waals surface area contributed by atoms with Gasteiger partial charge in [0.15, 0.2) is 0 Å². The summed E-state index contributed by atoms with van der Waals surface area (Å²) in [5, 5.41) is 7.21. The van der Waals surface area contributed by atoms with Gasteiger partial charge in [0.25, 0.3) is 0 Å². The number of aromatic nitrogens is 3. The van der Waals surface area contributed by atoms with E-state index in [-0.39, 0.29) is 5.75 Å². The summed E-state index contributed by atoms with van der Waals surface area (Å²) in [5.41, 5.74) is 1.70. The normalized spacial score (nSPS) is 11.4. The molecular weight excluding hydrogens is 371 g/mol. The monoisotopic (exact) mass is 382 g/mol. The highest BCUT2D eigenvalue weighted by Crippen LogP contribution is 2.28. The number of sulfonamides is 1. The molecular formula is C15H12Cl2N4O2S. The van der Waals surface area contributed by atoms with Crippen LogP contribution >= 0.6 is 23.2 Å². The number of halogens is 2. The number of anilines is 1. The average Bonchev–Trinajstić information content (AvgIpc) is 2.99. The number of nitrogens with zero attached hydrogens (tertiary/aromatic N) is 2. The van der Waals surface area contributed by atoms with Crippen molar-refractivity contribution in [3.63, 3.8) is 0 Å². The Morgan fingerprint density at radius 2 is 1.83 bits per heavy atom. The lowest BCUT2D eigenvalue weighted by Crippen LogP contribution is -2.15. The summed E-state index contributed by atoms with van der Waals surface area (Å²) in [6.07, 6.45) is 2.99. The molecule has 3 rings (SSSR count). The van der Waals surface area contributed by atoms with Crippen LogP contribution in [0.5, 0.6) is 0 Å². The highest BCUT2D eigenvalue weighted by molar-refractivity contribution is 7.91. The van der Waals surface area contributed by atoms with Gasteiger partial charge < -0.3 is 0 Å². The van der Waals surface area contributed by atoms with E-state index in [1.165, 1.54) is 6.20 Å². The number of hydrogen-bond donors (Lipinski definition) is 2. The molecule has 124 valence electrons. The molecule has 0 unspecified atom stereocenters. The van der Waals surface area contributed by atoms with Crippen LogP contribution in [-0.4, -0.2) is 23.6 Å². The molecule has 0 bridgehead atoms. The first-order chi connectivity index (χ1) is 11.5. The molecule has 2 N–H and O–H groups in total. The van der Waals surface area contributed by atoms with Crippen molar-refractivity contribution in [1.29, 1.82) is 0 Å². The van der Waals surface area contributed by atoms with E-state index < -0.39 is 10.0 Å². The van der Waals surface area contributed by atoms with Crippen LogP contribution < -0.4 is 4.72 Å². The van der Waals surface area contributed by atoms with Crippen molar-refractivity contribution < 1.29 is 8.42 Å². The topological polar surface area (TPSA) is 87.7 Å². The fourth-order valence-electron chi connectivity index (χ4n) is 2.13. The zero-order valence-corrected chi connectivity index (χ0v) is 14.5. The Balaban J connectivity index is 1.88. The Hall–Kier alpha value is -2.09. The van der Waals surface area contributed by atoms with Crippen LogP contribution in [0.2, 0.25) is 10.0 Å². The predicted octanol–water partition coefficient (Wildman–Crippen LogP) is 3.72. The molecule has 3 aromatic rings. The second kappa shape index (κ2) is 6.80. The summed E-state index contributed by atoms with van der Waals surface area (Å²) in [6, 6.07) is 10.2. The van der Waals surface area contributed by atoms with Gasteiger partial charge in [0.05, 0.1) is 23.3 Å². The summed E-state index contributed by atoms with van der Waals surface area (Å²) in [5.74, 6) is -0.349. The minimum Gasteiger partial charge on any atom is -0.279 e. The highest BCUT2D eigenvalue weighted by Gasteiger charge is 2.19. The van der Waals surface area contributed by atoms with Crippen LogP contribution in [-0.2, 0) is 15.8 Å². The minimum absolute atomic E-state index is 0.296.